The number of hydrogen-bond acceptors (Lipinski definition) is 5. The Morgan fingerprint density at radius 3 is 2.10 bits per heavy atom. The van der Waals surface area contributed by atoms with E-state index in [9.17, 15) is 14.2 Å². The van der Waals surface area contributed by atoms with Gasteiger partial charge in [0.05, 0.1) is 0 Å². The fourth-order valence-corrected chi connectivity index (χ4v) is 1.97. The van der Waals surface area contributed by atoms with E-state index in [4.69, 9.17) is 14.5 Å². The zero-order valence-electron chi connectivity index (χ0n) is 12.5. The molecule has 0 rings (SSSR count). The highest BCUT2D eigenvalue weighted by Gasteiger charge is 2.17. The van der Waals surface area contributed by atoms with Crippen molar-refractivity contribution in [2.45, 2.75) is 58.3 Å². The van der Waals surface area contributed by atoms with Crippen LogP contribution < -0.4 is 0 Å². The van der Waals surface area contributed by atoms with Crippen LogP contribution in [0.25, 0.3) is 0 Å². The fourth-order valence-electron chi connectivity index (χ4n) is 1.66. The van der Waals surface area contributed by atoms with Crippen LogP contribution in [0.3, 0.4) is 0 Å². The second-order valence-corrected chi connectivity index (χ2v) is 6.07. The van der Waals surface area contributed by atoms with Gasteiger partial charge in [-0.2, -0.15) is 0 Å². The number of esters is 1. The SMILES string of the molecule is CCCCCCCCCC(=O)OCC(=O)COP(=O)(O)O. The van der Waals surface area contributed by atoms with Crippen LogP contribution in [0, 0.1) is 0 Å². The summed E-state index contributed by atoms with van der Waals surface area (Å²) in [6.07, 6.45) is 7.83. The van der Waals surface area contributed by atoms with Crippen LogP contribution >= 0.6 is 7.82 Å². The zero-order chi connectivity index (χ0) is 16.1. The normalized spacial score (nSPS) is 11.4. The summed E-state index contributed by atoms with van der Waals surface area (Å²) in [7, 11) is -4.66. The standard InChI is InChI=1S/C13H25O7P/c1-2-3-4-5-6-7-8-9-13(15)19-10-12(14)11-20-21(16,17)18/h2-11H2,1H3,(H2,16,17,18). The van der Waals surface area contributed by atoms with Crippen LogP contribution in [0.1, 0.15) is 58.3 Å². The summed E-state index contributed by atoms with van der Waals surface area (Å²) >= 11 is 0. The number of Topliss-reactive ketones (excluding diaryl/α,β-unsaturated/α-hetero) is 1. The first-order valence-corrected chi connectivity index (χ1v) is 8.75. The molecule has 0 spiro atoms. The van der Waals surface area contributed by atoms with Crippen molar-refractivity contribution < 1.29 is 33.2 Å². The first-order chi connectivity index (χ1) is 9.85. The lowest BCUT2D eigenvalue weighted by Gasteiger charge is -2.06. The molecule has 0 amide bonds. The van der Waals surface area contributed by atoms with E-state index in [0.29, 0.717) is 0 Å². The highest BCUT2D eigenvalue weighted by molar-refractivity contribution is 7.46. The molecule has 21 heavy (non-hydrogen) atoms. The Kier molecular flexibility index (Phi) is 11.4. The average Bonchev–Trinajstić information content (AvgIpc) is 2.41. The van der Waals surface area contributed by atoms with Gasteiger partial charge in [0.1, 0.15) is 6.61 Å². The summed E-state index contributed by atoms with van der Waals surface area (Å²) in [5.74, 6) is -1.17. The number of rotatable bonds is 13. The first-order valence-electron chi connectivity index (χ1n) is 7.22. The number of ether oxygens (including phenoxy) is 1. The molecule has 0 aliphatic carbocycles. The van der Waals surface area contributed by atoms with Gasteiger partial charge in [0.15, 0.2) is 12.4 Å². The summed E-state index contributed by atoms with van der Waals surface area (Å²) in [5, 5.41) is 0. The van der Waals surface area contributed by atoms with Gasteiger partial charge in [-0.25, -0.2) is 4.57 Å². The zero-order valence-corrected chi connectivity index (χ0v) is 13.3. The third kappa shape index (κ3) is 15.5. The van der Waals surface area contributed by atoms with Crippen LogP contribution in [0.4, 0.5) is 0 Å². The number of unbranched alkanes of at least 4 members (excludes halogenated alkanes) is 6. The van der Waals surface area contributed by atoms with Gasteiger partial charge in [-0.3, -0.25) is 14.1 Å². The number of ketones is 1. The molecule has 2 N–H and O–H groups in total. The van der Waals surface area contributed by atoms with E-state index in [1.54, 1.807) is 0 Å². The Labute approximate surface area is 125 Å². The van der Waals surface area contributed by atoms with E-state index < -0.39 is 32.8 Å². The molecular formula is C13H25O7P. The molecule has 7 nitrogen and oxygen atoms in total. The Bertz CT molecular complexity index is 350. The first kappa shape index (κ1) is 20.2. The minimum absolute atomic E-state index is 0.250. The van der Waals surface area contributed by atoms with E-state index >= 15 is 0 Å². The predicted octanol–water partition coefficient (Wildman–Crippen LogP) is 2.35. The number of carbonyl (C=O) groups excluding carboxylic acids is 2. The monoisotopic (exact) mass is 324 g/mol. The van der Waals surface area contributed by atoms with Gasteiger partial charge in [0, 0.05) is 6.42 Å². The maximum absolute atomic E-state index is 11.3. The van der Waals surface area contributed by atoms with E-state index in [1.807, 2.05) is 0 Å². The van der Waals surface area contributed by atoms with E-state index in [-0.39, 0.29) is 6.42 Å². The molecule has 0 fully saturated rings. The molecule has 0 aromatic carbocycles. The highest BCUT2D eigenvalue weighted by Crippen LogP contribution is 2.35. The quantitative estimate of drug-likeness (QED) is 0.304. The number of phosphoric acid groups is 1. The average molecular weight is 324 g/mol. The third-order valence-electron chi connectivity index (χ3n) is 2.77. The molecule has 0 atom stereocenters. The molecule has 0 aliphatic heterocycles. The van der Waals surface area contributed by atoms with Gasteiger partial charge in [0.2, 0.25) is 0 Å². The van der Waals surface area contributed by atoms with Crippen molar-refractivity contribution in [3.05, 3.63) is 0 Å². The Balaban J connectivity index is 3.49. The van der Waals surface area contributed by atoms with Crippen molar-refractivity contribution in [2.24, 2.45) is 0 Å². The number of hydrogen-bond donors (Lipinski definition) is 2. The molecule has 124 valence electrons. The smallest absolute Gasteiger partial charge is 0.458 e. The minimum atomic E-state index is -4.66. The molecule has 0 aromatic heterocycles. The second-order valence-electron chi connectivity index (χ2n) is 4.83. The van der Waals surface area contributed by atoms with Crippen LogP contribution in [-0.4, -0.2) is 34.8 Å². The maximum atomic E-state index is 11.3. The molecule has 0 bridgehead atoms. The fraction of sp³-hybridized carbons (Fsp3) is 0.846. The Morgan fingerprint density at radius 1 is 0.952 bits per heavy atom. The molecule has 0 aliphatic rings. The van der Waals surface area contributed by atoms with Crippen molar-refractivity contribution in [3.8, 4) is 0 Å². The number of carbonyl (C=O) groups is 2. The summed E-state index contributed by atoms with van der Waals surface area (Å²) in [5.41, 5.74) is 0. The van der Waals surface area contributed by atoms with Crippen molar-refractivity contribution in [1.82, 2.24) is 0 Å². The van der Waals surface area contributed by atoms with E-state index in [1.165, 1.54) is 25.7 Å². The predicted molar refractivity (Wildman–Crippen MR) is 76.6 cm³/mol. The lowest BCUT2D eigenvalue weighted by atomic mass is 10.1. The minimum Gasteiger partial charge on any atom is -0.458 e. The molecular weight excluding hydrogens is 299 g/mol. The van der Waals surface area contributed by atoms with Gasteiger partial charge in [-0.1, -0.05) is 45.4 Å². The molecule has 0 heterocycles. The lowest BCUT2D eigenvalue weighted by molar-refractivity contribution is -0.148. The third-order valence-corrected chi connectivity index (χ3v) is 3.24. The second kappa shape index (κ2) is 11.9. The molecule has 0 saturated carbocycles. The van der Waals surface area contributed by atoms with Crippen LogP contribution in [0.2, 0.25) is 0 Å². The molecule has 0 radical (unpaired) electrons. The Morgan fingerprint density at radius 2 is 1.52 bits per heavy atom. The summed E-state index contributed by atoms with van der Waals surface area (Å²) in [6, 6.07) is 0. The maximum Gasteiger partial charge on any atom is 0.470 e. The van der Waals surface area contributed by atoms with Crippen molar-refractivity contribution >= 4 is 19.6 Å². The largest absolute Gasteiger partial charge is 0.470 e. The van der Waals surface area contributed by atoms with Gasteiger partial charge < -0.3 is 14.5 Å². The van der Waals surface area contributed by atoms with Gasteiger partial charge in [-0.15, -0.1) is 0 Å². The van der Waals surface area contributed by atoms with Crippen molar-refractivity contribution in [1.29, 1.82) is 0 Å². The summed E-state index contributed by atoms with van der Waals surface area (Å²) in [4.78, 5) is 39.2. The van der Waals surface area contributed by atoms with Gasteiger partial charge >= 0.3 is 13.8 Å². The topological polar surface area (TPSA) is 110 Å². The molecule has 0 unspecified atom stereocenters. The van der Waals surface area contributed by atoms with Crippen LogP contribution in [-0.2, 0) is 23.4 Å². The van der Waals surface area contributed by atoms with E-state index in [0.717, 1.165) is 19.3 Å². The van der Waals surface area contributed by atoms with Gasteiger partial charge in [0.25, 0.3) is 0 Å². The highest BCUT2D eigenvalue weighted by atomic mass is 31.2. The molecule has 0 saturated heterocycles. The van der Waals surface area contributed by atoms with Crippen LogP contribution in [0.15, 0.2) is 0 Å². The van der Waals surface area contributed by atoms with Crippen molar-refractivity contribution in [3.63, 3.8) is 0 Å². The molecule has 8 heteroatoms. The van der Waals surface area contributed by atoms with Crippen molar-refractivity contribution in [2.75, 3.05) is 13.2 Å². The van der Waals surface area contributed by atoms with Crippen LogP contribution in [0.5, 0.6) is 0 Å². The molecule has 0 aromatic rings. The Hall–Kier alpha value is -0.750. The summed E-state index contributed by atoms with van der Waals surface area (Å²) in [6.45, 7) is 0.868. The van der Waals surface area contributed by atoms with Gasteiger partial charge in [-0.05, 0) is 6.42 Å². The van der Waals surface area contributed by atoms with E-state index in [2.05, 4.69) is 11.4 Å². The summed E-state index contributed by atoms with van der Waals surface area (Å²) < 4.78 is 19.0. The number of phosphoric ester groups is 1. The lowest BCUT2D eigenvalue weighted by Crippen LogP contribution is -2.17.